The van der Waals surface area contributed by atoms with Gasteiger partial charge in [0.1, 0.15) is 0 Å². The number of morpholine rings is 1. The van der Waals surface area contributed by atoms with E-state index in [2.05, 4.69) is 46.8 Å². The van der Waals surface area contributed by atoms with Gasteiger partial charge in [0.25, 0.3) is 5.91 Å². The van der Waals surface area contributed by atoms with E-state index < -0.39 is 0 Å². The van der Waals surface area contributed by atoms with Crippen LogP contribution in [0.2, 0.25) is 0 Å². The number of amides is 1. The molecule has 2 aromatic rings. The summed E-state index contributed by atoms with van der Waals surface area (Å²) in [5.74, 6) is 0.770. The summed E-state index contributed by atoms with van der Waals surface area (Å²) in [6, 6.07) is 10.4. The van der Waals surface area contributed by atoms with Gasteiger partial charge in [0, 0.05) is 48.8 Å². The van der Waals surface area contributed by atoms with E-state index in [1.54, 1.807) is 0 Å². The molecule has 1 saturated heterocycles. The number of nitrogens with one attached hydrogen (secondary N) is 1. The smallest absolute Gasteiger partial charge is 0.251 e. The number of fused-ring (bicyclic) bond motifs is 1. The molecular formula is C23H31N3O2. The molecular weight excluding hydrogens is 350 g/mol. The number of aryl methyl sites for hydroxylation is 1. The number of rotatable bonds is 5. The average molecular weight is 382 g/mol. The number of carbonyl (C=O) groups is 1. The van der Waals surface area contributed by atoms with Crippen molar-refractivity contribution in [3.8, 4) is 5.69 Å². The van der Waals surface area contributed by atoms with Crippen molar-refractivity contribution < 1.29 is 9.53 Å². The van der Waals surface area contributed by atoms with E-state index in [0.29, 0.717) is 6.54 Å². The predicted molar refractivity (Wildman–Crippen MR) is 111 cm³/mol. The second-order valence-electron chi connectivity index (χ2n) is 8.20. The first-order chi connectivity index (χ1) is 13.6. The maximum Gasteiger partial charge on any atom is 0.251 e. The summed E-state index contributed by atoms with van der Waals surface area (Å²) >= 11 is 0. The lowest BCUT2D eigenvalue weighted by atomic mass is 9.89. The van der Waals surface area contributed by atoms with Crippen LogP contribution in [0.3, 0.4) is 0 Å². The highest BCUT2D eigenvalue weighted by Crippen LogP contribution is 2.30. The first kappa shape index (κ1) is 19.2. The Labute approximate surface area is 167 Å². The van der Waals surface area contributed by atoms with Crippen LogP contribution in [0.5, 0.6) is 0 Å². The van der Waals surface area contributed by atoms with Gasteiger partial charge in [-0.3, -0.25) is 9.69 Å². The summed E-state index contributed by atoms with van der Waals surface area (Å²) < 4.78 is 7.72. The topological polar surface area (TPSA) is 46.5 Å². The molecule has 1 atom stereocenters. The summed E-state index contributed by atoms with van der Waals surface area (Å²) in [6.45, 7) is 9.53. The van der Waals surface area contributed by atoms with Crippen LogP contribution in [-0.4, -0.2) is 54.8 Å². The highest BCUT2D eigenvalue weighted by atomic mass is 16.5. The van der Waals surface area contributed by atoms with Crippen molar-refractivity contribution in [1.29, 1.82) is 0 Å². The van der Waals surface area contributed by atoms with Crippen molar-refractivity contribution in [3.63, 3.8) is 0 Å². The normalized spacial score (nSPS) is 20.0. The van der Waals surface area contributed by atoms with Gasteiger partial charge in [-0.15, -0.1) is 0 Å². The Hall–Kier alpha value is -2.11. The standard InChI is InChI=1S/C23H31N3O2/c1-17-3-8-22-20(15-17)16-18(2)26(22)21-6-4-19(5-7-21)23(27)24-9-10-25-11-13-28-14-12-25/h4-7,16-17H,3,8-15H2,1-2H3,(H,24,27)/t17-/m1/s1. The lowest BCUT2D eigenvalue weighted by molar-refractivity contribution is 0.0383. The molecule has 5 nitrogen and oxygen atoms in total. The van der Waals surface area contributed by atoms with Gasteiger partial charge >= 0.3 is 0 Å². The Morgan fingerprint density at radius 2 is 1.96 bits per heavy atom. The molecule has 1 N–H and O–H groups in total. The molecule has 0 bridgehead atoms. The number of nitrogens with zero attached hydrogens (tertiary/aromatic N) is 2. The lowest BCUT2D eigenvalue weighted by Gasteiger charge is -2.26. The van der Waals surface area contributed by atoms with Gasteiger partial charge in [0.15, 0.2) is 0 Å². The minimum absolute atomic E-state index is 0.000101. The van der Waals surface area contributed by atoms with Crippen LogP contribution in [0.15, 0.2) is 30.3 Å². The summed E-state index contributed by atoms with van der Waals surface area (Å²) in [7, 11) is 0. The number of carbonyl (C=O) groups excluding carboxylic acids is 1. The Morgan fingerprint density at radius 1 is 1.21 bits per heavy atom. The largest absolute Gasteiger partial charge is 0.379 e. The fraction of sp³-hybridized carbons (Fsp3) is 0.522. The zero-order chi connectivity index (χ0) is 19.5. The SMILES string of the molecule is Cc1cc2c(n1-c1ccc(C(=O)NCCN3CCOCC3)cc1)CC[C@@H](C)C2. The number of ether oxygens (including phenoxy) is 1. The zero-order valence-electron chi connectivity index (χ0n) is 17.0. The highest BCUT2D eigenvalue weighted by molar-refractivity contribution is 5.94. The van der Waals surface area contributed by atoms with Crippen LogP contribution in [0.1, 0.15) is 40.7 Å². The van der Waals surface area contributed by atoms with Gasteiger partial charge < -0.3 is 14.6 Å². The van der Waals surface area contributed by atoms with Gasteiger partial charge in [0.2, 0.25) is 0 Å². The van der Waals surface area contributed by atoms with E-state index in [-0.39, 0.29) is 5.91 Å². The number of aromatic nitrogens is 1. The molecule has 28 heavy (non-hydrogen) atoms. The summed E-state index contributed by atoms with van der Waals surface area (Å²) in [5, 5.41) is 3.04. The molecule has 1 aliphatic carbocycles. The van der Waals surface area contributed by atoms with E-state index in [9.17, 15) is 4.79 Å². The number of hydrogen-bond donors (Lipinski definition) is 1. The Bertz CT molecular complexity index is 819. The molecule has 0 radical (unpaired) electrons. The van der Waals surface area contributed by atoms with Crippen molar-refractivity contribution in [2.75, 3.05) is 39.4 Å². The zero-order valence-corrected chi connectivity index (χ0v) is 17.0. The number of hydrogen-bond acceptors (Lipinski definition) is 3. The summed E-state index contributed by atoms with van der Waals surface area (Å²) in [5.41, 5.74) is 6.08. The average Bonchev–Trinajstić information content (AvgIpc) is 3.03. The summed E-state index contributed by atoms with van der Waals surface area (Å²) in [4.78, 5) is 14.8. The maximum absolute atomic E-state index is 12.5. The molecule has 1 aliphatic heterocycles. The van der Waals surface area contributed by atoms with Crippen molar-refractivity contribution >= 4 is 5.91 Å². The maximum atomic E-state index is 12.5. The van der Waals surface area contributed by atoms with Gasteiger partial charge in [-0.05, 0) is 68.0 Å². The molecule has 2 heterocycles. The first-order valence-corrected chi connectivity index (χ1v) is 10.5. The van der Waals surface area contributed by atoms with Crippen molar-refractivity contribution in [2.45, 2.75) is 33.1 Å². The Morgan fingerprint density at radius 3 is 2.71 bits per heavy atom. The summed E-state index contributed by atoms with van der Waals surface area (Å²) in [6.07, 6.45) is 3.56. The fourth-order valence-electron chi connectivity index (χ4n) is 4.44. The van der Waals surface area contributed by atoms with Crippen molar-refractivity contribution in [2.24, 2.45) is 5.92 Å². The third-order valence-corrected chi connectivity index (χ3v) is 6.02. The lowest BCUT2D eigenvalue weighted by Crippen LogP contribution is -2.41. The first-order valence-electron chi connectivity index (χ1n) is 10.5. The highest BCUT2D eigenvalue weighted by Gasteiger charge is 2.21. The number of benzene rings is 1. The molecule has 1 amide bonds. The molecule has 5 heteroatoms. The molecule has 1 aromatic heterocycles. The molecule has 1 fully saturated rings. The molecule has 0 spiro atoms. The molecule has 2 aliphatic rings. The second-order valence-corrected chi connectivity index (χ2v) is 8.20. The predicted octanol–water partition coefficient (Wildman–Crippen LogP) is 2.97. The van der Waals surface area contributed by atoms with Crippen molar-refractivity contribution in [3.05, 3.63) is 52.8 Å². The molecule has 4 rings (SSSR count). The van der Waals surface area contributed by atoms with Gasteiger partial charge in [-0.25, -0.2) is 0 Å². The van der Waals surface area contributed by atoms with E-state index in [1.165, 1.54) is 29.8 Å². The minimum atomic E-state index is -0.000101. The molecule has 1 aromatic carbocycles. The third kappa shape index (κ3) is 4.15. The van der Waals surface area contributed by atoms with Crippen molar-refractivity contribution in [1.82, 2.24) is 14.8 Å². The van der Waals surface area contributed by atoms with Crippen LogP contribution in [0.25, 0.3) is 5.69 Å². The molecule has 0 unspecified atom stereocenters. The van der Waals surface area contributed by atoms with E-state index in [4.69, 9.17) is 4.74 Å². The molecule has 0 saturated carbocycles. The second kappa shape index (κ2) is 8.50. The van der Waals surface area contributed by atoms with Crippen LogP contribution in [0.4, 0.5) is 0 Å². The molecule has 150 valence electrons. The third-order valence-electron chi connectivity index (χ3n) is 6.02. The van der Waals surface area contributed by atoms with E-state index in [0.717, 1.165) is 56.4 Å². The minimum Gasteiger partial charge on any atom is -0.379 e. The van der Waals surface area contributed by atoms with E-state index in [1.807, 2.05) is 12.1 Å². The van der Waals surface area contributed by atoms with E-state index >= 15 is 0 Å². The van der Waals surface area contributed by atoms with Crippen LogP contribution in [-0.2, 0) is 17.6 Å². The van der Waals surface area contributed by atoms with Gasteiger partial charge in [-0.2, -0.15) is 0 Å². The van der Waals surface area contributed by atoms with Crippen LogP contribution >= 0.6 is 0 Å². The Kier molecular flexibility index (Phi) is 5.83. The fourth-order valence-corrected chi connectivity index (χ4v) is 4.44. The monoisotopic (exact) mass is 381 g/mol. The van der Waals surface area contributed by atoms with Gasteiger partial charge in [-0.1, -0.05) is 6.92 Å². The van der Waals surface area contributed by atoms with Crippen LogP contribution in [0, 0.1) is 12.8 Å². The van der Waals surface area contributed by atoms with Crippen LogP contribution < -0.4 is 5.32 Å². The van der Waals surface area contributed by atoms with Gasteiger partial charge in [0.05, 0.1) is 13.2 Å². The Balaban J connectivity index is 1.39. The quantitative estimate of drug-likeness (QED) is 0.866.